The highest BCUT2D eigenvalue weighted by atomic mass is 16.3. The Kier molecular flexibility index (Phi) is 2.47. The number of aliphatic hydroxyl groups is 1. The van der Waals surface area contributed by atoms with E-state index in [-0.39, 0.29) is 12.6 Å². The first kappa shape index (κ1) is 9.79. The first-order valence-corrected chi connectivity index (χ1v) is 4.72. The van der Waals surface area contributed by atoms with Crippen LogP contribution in [0.3, 0.4) is 0 Å². The van der Waals surface area contributed by atoms with Crippen molar-refractivity contribution >= 4 is 17.4 Å². The van der Waals surface area contributed by atoms with Crippen molar-refractivity contribution in [2.45, 2.75) is 6.54 Å². The molecule has 0 unspecified atom stereocenters. The van der Waals surface area contributed by atoms with Crippen molar-refractivity contribution in [3.05, 3.63) is 23.8 Å². The predicted molar refractivity (Wildman–Crippen MR) is 55.7 cm³/mol. The Labute approximate surface area is 87.5 Å². The van der Waals surface area contributed by atoms with Gasteiger partial charge >= 0.3 is 6.03 Å². The van der Waals surface area contributed by atoms with Crippen LogP contribution in [0.5, 0.6) is 0 Å². The van der Waals surface area contributed by atoms with Crippen molar-refractivity contribution in [1.29, 1.82) is 0 Å². The van der Waals surface area contributed by atoms with E-state index in [1.54, 1.807) is 12.1 Å². The highest BCUT2D eigenvalue weighted by molar-refractivity contribution is 5.95. The Morgan fingerprint density at radius 1 is 1.53 bits per heavy atom. The molecule has 79 valence electrons. The Balaban J connectivity index is 2.30. The number of nitrogens with zero attached hydrogens (tertiary/aromatic N) is 1. The molecule has 1 heterocycles. The number of β-amino-alcohol motifs (C(OH)–C–C–N with tert-alkyl or cyclic N) is 1. The van der Waals surface area contributed by atoms with E-state index in [2.05, 4.69) is 5.32 Å². The topological polar surface area (TPSA) is 76.4 Å². The van der Waals surface area contributed by atoms with Crippen LogP contribution in [-0.4, -0.2) is 29.2 Å². The predicted octanol–water partition coefficient (Wildman–Crippen LogP) is 0.941. The van der Waals surface area contributed by atoms with Crippen LogP contribution in [0.1, 0.15) is 5.56 Å². The molecule has 1 aliphatic rings. The fraction of sp³-hybridized carbons (Fsp3) is 0.300. The van der Waals surface area contributed by atoms with Gasteiger partial charge in [-0.2, -0.15) is 0 Å². The smallest absolute Gasteiger partial charge is 0.322 e. The number of anilines is 1. The maximum atomic E-state index is 11.5. The van der Waals surface area contributed by atoms with Gasteiger partial charge in [0, 0.05) is 13.1 Å². The molecule has 0 atom stereocenters. The summed E-state index contributed by atoms with van der Waals surface area (Å²) >= 11 is 0. The first-order chi connectivity index (χ1) is 7.22. The van der Waals surface area contributed by atoms with E-state index in [4.69, 9.17) is 10.8 Å². The zero-order chi connectivity index (χ0) is 10.8. The fourth-order valence-corrected chi connectivity index (χ4v) is 1.64. The van der Waals surface area contributed by atoms with Gasteiger partial charge < -0.3 is 15.3 Å². The molecule has 2 amide bonds. The van der Waals surface area contributed by atoms with Crippen molar-refractivity contribution in [3.63, 3.8) is 0 Å². The number of hydrogen-bond acceptors (Lipinski definition) is 2. The Bertz CT molecular complexity index is 392. The molecule has 2 rings (SSSR count). The summed E-state index contributed by atoms with van der Waals surface area (Å²) in [5.41, 5.74) is 9.44. The molecule has 15 heavy (non-hydrogen) atoms. The van der Waals surface area contributed by atoms with Crippen LogP contribution in [0.15, 0.2) is 18.2 Å². The number of rotatable bonds is 2. The van der Waals surface area contributed by atoms with Crippen LogP contribution < -0.4 is 11.1 Å². The summed E-state index contributed by atoms with van der Waals surface area (Å²) in [5.74, 6) is 0. The van der Waals surface area contributed by atoms with Crippen molar-refractivity contribution in [2.75, 3.05) is 18.5 Å². The molecule has 1 aromatic rings. The summed E-state index contributed by atoms with van der Waals surface area (Å²) in [6, 6.07) is 5.05. The van der Waals surface area contributed by atoms with Gasteiger partial charge in [0.2, 0.25) is 0 Å². The van der Waals surface area contributed by atoms with Gasteiger partial charge in [0.1, 0.15) is 0 Å². The number of carbonyl (C=O) groups is 1. The highest BCUT2D eigenvalue weighted by Gasteiger charge is 2.23. The number of para-hydroxylation sites is 1. The monoisotopic (exact) mass is 206 g/mol. The standard InChI is InChI=1S/C10H12N3O2/c11-8-3-1-2-7-6-13(4-5-14)10(15)12-9(7)8/h1-3,11,14H,4-6H2,(H,12,15). The van der Waals surface area contributed by atoms with Crippen LogP contribution in [0.4, 0.5) is 16.2 Å². The molecule has 0 saturated heterocycles. The Morgan fingerprint density at radius 3 is 3.07 bits per heavy atom. The van der Waals surface area contributed by atoms with Gasteiger partial charge in [-0.1, -0.05) is 12.1 Å². The normalized spacial score (nSPS) is 14.7. The maximum absolute atomic E-state index is 11.5. The molecule has 3 N–H and O–H groups in total. The number of hydrogen-bond donors (Lipinski definition) is 2. The van der Waals surface area contributed by atoms with Crippen LogP contribution in [-0.2, 0) is 6.54 Å². The highest BCUT2D eigenvalue weighted by Crippen LogP contribution is 2.29. The van der Waals surface area contributed by atoms with E-state index < -0.39 is 0 Å². The second-order valence-electron chi connectivity index (χ2n) is 3.42. The van der Waals surface area contributed by atoms with E-state index in [0.29, 0.717) is 24.5 Å². The summed E-state index contributed by atoms with van der Waals surface area (Å²) in [5, 5.41) is 11.4. The second kappa shape index (κ2) is 3.78. The molecule has 0 saturated carbocycles. The van der Waals surface area contributed by atoms with Gasteiger partial charge in [-0.15, -0.1) is 0 Å². The third-order valence-electron chi connectivity index (χ3n) is 2.40. The molecule has 0 spiro atoms. The lowest BCUT2D eigenvalue weighted by Gasteiger charge is -2.29. The number of carbonyl (C=O) groups excluding carboxylic acids is 1. The largest absolute Gasteiger partial charge is 0.395 e. The molecule has 1 aliphatic heterocycles. The molecular weight excluding hydrogens is 194 g/mol. The summed E-state index contributed by atoms with van der Waals surface area (Å²) in [6.45, 7) is 0.714. The van der Waals surface area contributed by atoms with Crippen molar-refractivity contribution in [3.8, 4) is 0 Å². The number of nitrogens with one attached hydrogen (secondary N) is 2. The summed E-state index contributed by atoms with van der Waals surface area (Å²) in [4.78, 5) is 13.0. The zero-order valence-electron chi connectivity index (χ0n) is 8.16. The zero-order valence-corrected chi connectivity index (χ0v) is 8.16. The van der Waals surface area contributed by atoms with Crippen molar-refractivity contribution in [2.24, 2.45) is 0 Å². The Hall–Kier alpha value is -1.75. The minimum absolute atomic E-state index is 0.0523. The van der Waals surface area contributed by atoms with E-state index in [1.165, 1.54) is 4.90 Å². The third kappa shape index (κ3) is 1.73. The maximum Gasteiger partial charge on any atom is 0.322 e. The molecule has 5 heteroatoms. The number of benzene rings is 1. The number of fused-ring (bicyclic) bond motifs is 1. The summed E-state index contributed by atoms with van der Waals surface area (Å²) in [6.07, 6.45) is 0. The molecule has 5 nitrogen and oxygen atoms in total. The van der Waals surface area contributed by atoms with E-state index in [9.17, 15) is 4.79 Å². The lowest BCUT2D eigenvalue weighted by Crippen LogP contribution is -2.40. The molecule has 1 radical (unpaired) electrons. The fourth-order valence-electron chi connectivity index (χ4n) is 1.64. The van der Waals surface area contributed by atoms with Crippen molar-refractivity contribution < 1.29 is 9.90 Å². The minimum atomic E-state index is -0.253. The van der Waals surface area contributed by atoms with E-state index in [1.807, 2.05) is 6.07 Å². The first-order valence-electron chi connectivity index (χ1n) is 4.72. The minimum Gasteiger partial charge on any atom is -0.395 e. The Morgan fingerprint density at radius 2 is 2.33 bits per heavy atom. The number of amides is 2. The summed E-state index contributed by atoms with van der Waals surface area (Å²) < 4.78 is 0. The van der Waals surface area contributed by atoms with Crippen LogP contribution in [0, 0.1) is 0 Å². The van der Waals surface area contributed by atoms with Crippen molar-refractivity contribution in [1.82, 2.24) is 10.6 Å². The van der Waals surface area contributed by atoms with E-state index >= 15 is 0 Å². The number of aliphatic hydroxyl groups excluding tert-OH is 1. The van der Waals surface area contributed by atoms with Gasteiger partial charge in [-0.3, -0.25) is 5.73 Å². The molecular formula is C10H12N3O2. The second-order valence-corrected chi connectivity index (χ2v) is 3.42. The average molecular weight is 206 g/mol. The lowest BCUT2D eigenvalue weighted by atomic mass is 10.1. The van der Waals surface area contributed by atoms with Crippen LogP contribution in [0.2, 0.25) is 0 Å². The van der Waals surface area contributed by atoms with Crippen LogP contribution in [0.25, 0.3) is 0 Å². The van der Waals surface area contributed by atoms with Gasteiger partial charge in [0.05, 0.1) is 18.0 Å². The third-order valence-corrected chi connectivity index (χ3v) is 2.40. The number of urea groups is 1. The summed E-state index contributed by atoms with van der Waals surface area (Å²) in [7, 11) is 0. The van der Waals surface area contributed by atoms with E-state index in [0.717, 1.165) is 5.56 Å². The average Bonchev–Trinajstić information content (AvgIpc) is 2.21. The molecule has 0 fully saturated rings. The SMILES string of the molecule is [NH]c1cccc2c1NC(=O)N(CCO)C2. The quantitative estimate of drug-likeness (QED) is 0.755. The van der Waals surface area contributed by atoms with Gasteiger partial charge in [-0.25, -0.2) is 4.79 Å². The van der Waals surface area contributed by atoms with Gasteiger partial charge in [-0.05, 0) is 11.6 Å². The van der Waals surface area contributed by atoms with Crippen LogP contribution >= 0.6 is 0 Å². The molecule has 0 aliphatic carbocycles. The lowest BCUT2D eigenvalue weighted by molar-refractivity contribution is 0.183. The molecule has 1 aromatic carbocycles. The molecule has 0 aromatic heterocycles. The molecule has 0 bridgehead atoms. The van der Waals surface area contributed by atoms with Gasteiger partial charge in [0.15, 0.2) is 0 Å². The van der Waals surface area contributed by atoms with Gasteiger partial charge in [0.25, 0.3) is 0 Å².